The predicted molar refractivity (Wildman–Crippen MR) is 26.7 cm³/mol. The highest BCUT2D eigenvalue weighted by Gasteiger charge is 1.95. The zero-order valence-corrected chi connectivity index (χ0v) is 5.02. The summed E-state index contributed by atoms with van der Waals surface area (Å²) in [4.78, 5) is 10.1. The van der Waals surface area contributed by atoms with E-state index in [1.54, 1.807) is 6.92 Å². The average molecular weight is 113 g/mol. The number of hydrogen-bond acceptors (Lipinski definition) is 2. The van der Waals surface area contributed by atoms with Gasteiger partial charge in [-0.15, -0.1) is 0 Å². The molecule has 0 aromatic rings. The third-order valence-corrected chi connectivity index (χ3v) is 0.627. The van der Waals surface area contributed by atoms with Crippen molar-refractivity contribution in [2.24, 2.45) is 0 Å². The first-order chi connectivity index (χ1) is 3.18. The Labute approximate surface area is 45.7 Å². The van der Waals surface area contributed by atoms with Gasteiger partial charge in [-0.2, -0.15) is 0 Å². The summed E-state index contributed by atoms with van der Waals surface area (Å²) in [5.74, 6) is -0.434. The molecule has 0 heterocycles. The zero-order chi connectivity index (χ0) is 5.86. The van der Waals surface area contributed by atoms with E-state index in [1.807, 2.05) is 0 Å². The smallest absolute Gasteiger partial charge is 0.345 e. The minimum Gasteiger partial charge on any atom is -0.513 e. The first-order valence-corrected chi connectivity index (χ1v) is 2.12. The molecule has 0 bridgehead atoms. The van der Waals surface area contributed by atoms with Crippen LogP contribution in [0, 0.1) is 0 Å². The second kappa shape index (κ2) is 2.57. The van der Waals surface area contributed by atoms with Crippen molar-refractivity contribution in [2.45, 2.75) is 6.92 Å². The first-order valence-electron chi connectivity index (χ1n) is 1.72. The van der Waals surface area contributed by atoms with Crippen LogP contribution in [-0.4, -0.2) is 16.5 Å². The molecule has 0 aliphatic carbocycles. The Morgan fingerprint density at radius 1 is 1.86 bits per heavy atom. The summed E-state index contributed by atoms with van der Waals surface area (Å²) in [6, 6.07) is 0. The Kier molecular flexibility index (Phi) is 2.36. The van der Waals surface area contributed by atoms with Gasteiger partial charge in [0.05, 0.1) is 0 Å². The van der Waals surface area contributed by atoms with E-state index < -0.39 is 5.97 Å². The fourth-order valence-electron chi connectivity index (χ4n) is 0.0871. The number of carbonyl (C=O) groups is 1. The van der Waals surface area contributed by atoms with Gasteiger partial charge in [0.15, 0.2) is 0 Å². The van der Waals surface area contributed by atoms with Crippen molar-refractivity contribution in [3.8, 4) is 0 Å². The van der Waals surface area contributed by atoms with E-state index in [9.17, 15) is 4.79 Å². The maximum atomic E-state index is 10.1. The largest absolute Gasteiger partial charge is 0.513 e. The van der Waals surface area contributed by atoms with E-state index in [4.69, 9.17) is 0 Å². The predicted octanol–water partition coefficient (Wildman–Crippen LogP) is 0.189. The van der Waals surface area contributed by atoms with E-state index in [-0.39, 0.29) is 0 Å². The Morgan fingerprint density at radius 2 is 2.29 bits per heavy atom. The Balaban J connectivity index is 3.58. The highest BCUT2D eigenvalue weighted by Crippen LogP contribution is 1.86. The van der Waals surface area contributed by atoms with Crippen molar-refractivity contribution in [3.63, 3.8) is 0 Å². The van der Waals surface area contributed by atoms with Gasteiger partial charge in [-0.05, 0) is 6.92 Å². The lowest BCUT2D eigenvalue weighted by Crippen LogP contribution is -2.00. The van der Waals surface area contributed by atoms with Crippen molar-refractivity contribution >= 4 is 16.5 Å². The summed E-state index contributed by atoms with van der Waals surface area (Å²) in [5, 5.41) is 0. The summed E-state index contributed by atoms with van der Waals surface area (Å²) in [6.07, 6.45) is 0. The summed E-state index contributed by atoms with van der Waals surface area (Å²) in [6.45, 7) is 4.89. The monoisotopic (exact) mass is 113 g/mol. The van der Waals surface area contributed by atoms with Gasteiger partial charge in [0.2, 0.25) is 0 Å². The minimum absolute atomic E-state index is 0.384. The molecular formula is C4H5O2Si. The third-order valence-electron chi connectivity index (χ3n) is 0.441. The standard InChI is InChI=1S/C4H5O2Si/c1-3(2)4(5)6-7/h1H2,2H3. The van der Waals surface area contributed by atoms with Crippen LogP contribution in [-0.2, 0) is 9.22 Å². The molecule has 37 valence electrons. The molecule has 0 aliphatic heterocycles. The average Bonchev–Trinajstić information content (AvgIpc) is 1.65. The molecule has 0 fully saturated rings. The fraction of sp³-hybridized carbons (Fsp3) is 0.250. The van der Waals surface area contributed by atoms with Gasteiger partial charge >= 0.3 is 16.5 Å². The third kappa shape index (κ3) is 2.16. The lowest BCUT2D eigenvalue weighted by Gasteiger charge is -1.91. The second-order valence-corrected chi connectivity index (χ2v) is 1.37. The van der Waals surface area contributed by atoms with Gasteiger partial charge in [-0.3, -0.25) is 0 Å². The van der Waals surface area contributed by atoms with Gasteiger partial charge in [0.25, 0.3) is 0 Å². The highest BCUT2D eigenvalue weighted by atomic mass is 28.2. The minimum atomic E-state index is -0.434. The van der Waals surface area contributed by atoms with Gasteiger partial charge in [-0.25, -0.2) is 4.79 Å². The Hall–Kier alpha value is -0.573. The molecule has 3 heteroatoms. The van der Waals surface area contributed by atoms with Crippen LogP contribution in [0.2, 0.25) is 0 Å². The maximum absolute atomic E-state index is 10.1. The molecular weight excluding hydrogens is 108 g/mol. The summed E-state index contributed by atoms with van der Waals surface area (Å²) >= 11 is 0. The van der Waals surface area contributed by atoms with Crippen LogP contribution in [0.5, 0.6) is 0 Å². The second-order valence-electron chi connectivity index (χ2n) is 1.17. The van der Waals surface area contributed by atoms with Crippen molar-refractivity contribution in [1.29, 1.82) is 0 Å². The van der Waals surface area contributed by atoms with Crippen LogP contribution < -0.4 is 0 Å². The van der Waals surface area contributed by atoms with Gasteiger partial charge < -0.3 is 4.43 Å². The molecule has 0 saturated heterocycles. The zero-order valence-electron chi connectivity index (χ0n) is 4.02. The molecule has 0 rings (SSSR count). The topological polar surface area (TPSA) is 26.3 Å². The maximum Gasteiger partial charge on any atom is 0.345 e. The van der Waals surface area contributed by atoms with Crippen LogP contribution in [0.4, 0.5) is 0 Å². The molecule has 0 spiro atoms. The van der Waals surface area contributed by atoms with Crippen LogP contribution >= 0.6 is 0 Å². The fourth-order valence-corrected chi connectivity index (χ4v) is 0.261. The van der Waals surface area contributed by atoms with Gasteiger partial charge in [0.1, 0.15) is 0 Å². The molecule has 3 radical (unpaired) electrons. The van der Waals surface area contributed by atoms with Crippen molar-refractivity contribution in [2.75, 3.05) is 0 Å². The van der Waals surface area contributed by atoms with Gasteiger partial charge in [0, 0.05) is 5.57 Å². The van der Waals surface area contributed by atoms with E-state index in [0.717, 1.165) is 0 Å². The molecule has 0 aliphatic rings. The molecule has 7 heavy (non-hydrogen) atoms. The van der Waals surface area contributed by atoms with E-state index in [0.29, 0.717) is 5.57 Å². The number of carbonyl (C=O) groups excluding carboxylic acids is 1. The summed E-state index contributed by atoms with van der Waals surface area (Å²) in [5.41, 5.74) is 0.384. The first kappa shape index (κ1) is 6.43. The molecule has 0 atom stereocenters. The molecule has 0 saturated carbocycles. The van der Waals surface area contributed by atoms with E-state index in [1.165, 1.54) is 0 Å². The Morgan fingerprint density at radius 3 is 2.29 bits per heavy atom. The van der Waals surface area contributed by atoms with Crippen LogP contribution in [0.3, 0.4) is 0 Å². The van der Waals surface area contributed by atoms with Crippen molar-refractivity contribution in [3.05, 3.63) is 12.2 Å². The summed E-state index contributed by atoms with van der Waals surface area (Å²) < 4.78 is 4.08. The number of rotatable bonds is 1. The number of hydrogen-bond donors (Lipinski definition) is 0. The molecule has 2 nitrogen and oxygen atoms in total. The van der Waals surface area contributed by atoms with E-state index >= 15 is 0 Å². The lowest BCUT2D eigenvalue weighted by molar-refractivity contribution is -0.129. The SMILES string of the molecule is C=C(C)C(=O)O[Si]. The van der Waals surface area contributed by atoms with E-state index in [2.05, 4.69) is 21.5 Å². The van der Waals surface area contributed by atoms with Crippen LogP contribution in [0.15, 0.2) is 12.2 Å². The van der Waals surface area contributed by atoms with Crippen LogP contribution in [0.25, 0.3) is 0 Å². The molecule has 0 unspecified atom stereocenters. The molecule has 0 aromatic carbocycles. The quantitative estimate of drug-likeness (QED) is 0.358. The molecule has 0 amide bonds. The summed E-state index contributed by atoms with van der Waals surface area (Å²) in [7, 11) is 2.55. The lowest BCUT2D eigenvalue weighted by atomic mass is 10.4. The van der Waals surface area contributed by atoms with Crippen molar-refractivity contribution in [1.82, 2.24) is 0 Å². The van der Waals surface area contributed by atoms with Crippen LogP contribution in [0.1, 0.15) is 6.92 Å². The van der Waals surface area contributed by atoms with Gasteiger partial charge in [-0.1, -0.05) is 6.58 Å². The van der Waals surface area contributed by atoms with Crippen molar-refractivity contribution < 1.29 is 9.22 Å². The normalized spacial score (nSPS) is 7.71. The highest BCUT2D eigenvalue weighted by molar-refractivity contribution is 6.08. The molecule has 0 aromatic heterocycles. The molecule has 0 N–H and O–H groups in total. The Bertz CT molecular complexity index is 97.9.